The summed E-state index contributed by atoms with van der Waals surface area (Å²) in [6, 6.07) is 17.9. The van der Waals surface area contributed by atoms with Crippen LogP contribution in [0.2, 0.25) is 0 Å². The van der Waals surface area contributed by atoms with Gasteiger partial charge in [0.15, 0.2) is 12.3 Å². The van der Waals surface area contributed by atoms with Crippen LogP contribution in [0.3, 0.4) is 0 Å². The van der Waals surface area contributed by atoms with E-state index in [1.807, 2.05) is 0 Å². The monoisotopic (exact) mass is 519 g/mol. The Labute approximate surface area is 218 Å². The molecule has 4 rings (SSSR count). The van der Waals surface area contributed by atoms with Crippen molar-refractivity contribution in [2.45, 2.75) is 33.0 Å². The highest BCUT2D eigenvalue weighted by molar-refractivity contribution is 6.10. The highest BCUT2D eigenvalue weighted by Gasteiger charge is 2.17. The number of pyridine rings is 1. The number of hydrogen-bond donors (Lipinski definition) is 1. The lowest BCUT2D eigenvalue weighted by atomic mass is 10.1. The van der Waals surface area contributed by atoms with Gasteiger partial charge in [0.25, 0.3) is 0 Å². The second-order valence-corrected chi connectivity index (χ2v) is 9.06. The van der Waals surface area contributed by atoms with Crippen LogP contribution in [-0.4, -0.2) is 42.6 Å². The average molecular weight is 520 g/mol. The van der Waals surface area contributed by atoms with Crippen LogP contribution in [0.4, 0.5) is 15.0 Å². The van der Waals surface area contributed by atoms with E-state index < -0.39 is 11.7 Å². The van der Waals surface area contributed by atoms with E-state index in [-0.39, 0.29) is 12.4 Å². The zero-order valence-electron chi connectivity index (χ0n) is 21.3. The largest absolute Gasteiger partial charge is 0.457 e. The van der Waals surface area contributed by atoms with E-state index in [9.17, 15) is 9.18 Å². The second kappa shape index (κ2) is 11.5. The van der Waals surface area contributed by atoms with Crippen molar-refractivity contribution in [3.63, 3.8) is 0 Å². The summed E-state index contributed by atoms with van der Waals surface area (Å²) in [5.74, 6) is 1.19. The zero-order valence-corrected chi connectivity index (χ0v) is 21.3. The fourth-order valence-corrected chi connectivity index (χ4v) is 3.20. The van der Waals surface area contributed by atoms with E-state index >= 15 is 0 Å². The molecular weight excluding hydrogens is 493 g/mol. The van der Waals surface area contributed by atoms with Crippen molar-refractivity contribution < 1.29 is 23.5 Å². The molecule has 12 heteroatoms. The molecule has 1 N–H and O–H groups in total. The number of oxime groups is 1. The summed E-state index contributed by atoms with van der Waals surface area (Å²) in [6.45, 7) is 5.34. The summed E-state index contributed by atoms with van der Waals surface area (Å²) in [7, 11) is 1.68. The van der Waals surface area contributed by atoms with Gasteiger partial charge in [-0.1, -0.05) is 17.3 Å². The lowest BCUT2D eigenvalue weighted by Gasteiger charge is -2.19. The fraction of sp³-hybridized carbons (Fsp3) is 0.231. The summed E-state index contributed by atoms with van der Waals surface area (Å²) in [4.78, 5) is 22.0. The van der Waals surface area contributed by atoms with Crippen molar-refractivity contribution in [2.24, 2.45) is 12.2 Å². The van der Waals surface area contributed by atoms with Crippen LogP contribution in [-0.2, 0) is 23.2 Å². The third kappa shape index (κ3) is 7.32. The molecule has 0 aliphatic heterocycles. The van der Waals surface area contributed by atoms with E-state index in [2.05, 4.69) is 31.0 Å². The first-order chi connectivity index (χ1) is 18.2. The number of ether oxygens (including phenoxy) is 2. The van der Waals surface area contributed by atoms with E-state index in [4.69, 9.17) is 14.3 Å². The number of aryl methyl sites for hydroxylation is 1. The predicted octanol–water partition coefficient (Wildman–Crippen LogP) is 4.85. The fourth-order valence-electron chi connectivity index (χ4n) is 3.20. The van der Waals surface area contributed by atoms with Crippen LogP contribution in [0, 0.1) is 5.82 Å². The van der Waals surface area contributed by atoms with Gasteiger partial charge >= 0.3 is 6.09 Å². The van der Waals surface area contributed by atoms with Crippen LogP contribution in [0.1, 0.15) is 37.9 Å². The number of anilines is 1. The number of carbonyl (C=O) groups excluding carboxylic acids is 1. The number of halogens is 1. The number of tetrazole rings is 1. The number of nitrogens with one attached hydrogen (secondary N) is 1. The maximum atomic E-state index is 13.5. The molecule has 0 radical (unpaired) electrons. The zero-order chi connectivity index (χ0) is 27.1. The molecule has 2 aromatic carbocycles. The van der Waals surface area contributed by atoms with Crippen molar-refractivity contribution in [3.8, 4) is 11.5 Å². The van der Waals surface area contributed by atoms with E-state index in [1.165, 1.54) is 16.8 Å². The molecule has 2 aromatic heterocycles. The average Bonchev–Trinajstić information content (AvgIpc) is 3.27. The minimum absolute atomic E-state index is 0.0133. The van der Waals surface area contributed by atoms with Crippen molar-refractivity contribution in [2.75, 3.05) is 5.32 Å². The Morgan fingerprint density at radius 3 is 2.50 bits per heavy atom. The molecule has 0 unspecified atom stereocenters. The molecule has 0 aliphatic carbocycles. The number of hydrogen-bond acceptors (Lipinski definition) is 9. The first-order valence-corrected chi connectivity index (χ1v) is 11.6. The van der Waals surface area contributed by atoms with Gasteiger partial charge in [-0.25, -0.2) is 18.9 Å². The molecule has 196 valence electrons. The van der Waals surface area contributed by atoms with Gasteiger partial charge in [0.05, 0.1) is 5.69 Å². The highest BCUT2D eigenvalue weighted by atomic mass is 19.1. The van der Waals surface area contributed by atoms with Gasteiger partial charge < -0.3 is 14.3 Å². The Morgan fingerprint density at radius 1 is 1.05 bits per heavy atom. The predicted molar refractivity (Wildman–Crippen MR) is 136 cm³/mol. The summed E-state index contributed by atoms with van der Waals surface area (Å²) >= 11 is 0. The van der Waals surface area contributed by atoms with Gasteiger partial charge in [0, 0.05) is 18.7 Å². The summed E-state index contributed by atoms with van der Waals surface area (Å²) in [5.41, 5.74) is 0.922. The van der Waals surface area contributed by atoms with Crippen LogP contribution in [0.5, 0.6) is 11.5 Å². The third-order valence-corrected chi connectivity index (χ3v) is 4.80. The molecule has 2 heterocycles. The molecule has 1 amide bonds. The molecule has 38 heavy (non-hydrogen) atoms. The topological polar surface area (TPSA) is 126 Å². The number of rotatable bonds is 8. The van der Waals surface area contributed by atoms with Crippen molar-refractivity contribution >= 4 is 17.6 Å². The van der Waals surface area contributed by atoms with Gasteiger partial charge in [-0.15, -0.1) is 5.10 Å². The second-order valence-electron chi connectivity index (χ2n) is 9.06. The number of aromatic nitrogens is 5. The van der Waals surface area contributed by atoms with E-state index in [1.54, 1.807) is 82.4 Å². The Hall–Kier alpha value is -4.87. The van der Waals surface area contributed by atoms with Crippen LogP contribution in [0.25, 0.3) is 0 Å². The number of carbonyl (C=O) groups is 1. The van der Waals surface area contributed by atoms with Gasteiger partial charge in [0.1, 0.15) is 28.7 Å². The van der Waals surface area contributed by atoms with E-state index in [0.717, 1.165) is 0 Å². The van der Waals surface area contributed by atoms with Crippen molar-refractivity contribution in [3.05, 3.63) is 89.6 Å². The maximum absolute atomic E-state index is 13.5. The number of benzene rings is 2. The Morgan fingerprint density at radius 2 is 1.82 bits per heavy atom. The minimum atomic E-state index is -0.631. The quantitative estimate of drug-likeness (QED) is 0.259. The lowest BCUT2D eigenvalue weighted by Crippen LogP contribution is -2.27. The Kier molecular flexibility index (Phi) is 7.90. The molecule has 0 bridgehead atoms. The van der Waals surface area contributed by atoms with Crippen LogP contribution < -0.4 is 10.1 Å². The molecule has 0 atom stereocenters. The Balaban J connectivity index is 1.48. The molecule has 0 spiro atoms. The van der Waals surface area contributed by atoms with Gasteiger partial charge in [-0.05, 0) is 79.7 Å². The first-order valence-electron chi connectivity index (χ1n) is 11.6. The minimum Gasteiger partial charge on any atom is -0.457 e. The molecule has 0 saturated carbocycles. The van der Waals surface area contributed by atoms with Gasteiger partial charge in [-0.2, -0.15) is 0 Å². The highest BCUT2D eigenvalue weighted by Crippen LogP contribution is 2.23. The summed E-state index contributed by atoms with van der Waals surface area (Å²) in [5, 5.41) is 18.4. The number of nitrogens with zero attached hydrogens (tertiary/aromatic N) is 6. The SMILES string of the molecule is Cn1nnnc1/C(=N\OCc1cccc(NC(=O)OC(C)(C)C)n1)c1ccc(Oc2cccc(F)c2)cc1. The third-order valence-electron chi connectivity index (χ3n) is 4.80. The standard InChI is InChI=1S/C26H26FN7O4/c1-26(2,3)38-25(35)29-22-10-6-8-19(28-22)16-36-31-23(24-30-32-33-34(24)4)17-11-13-20(14-12-17)37-21-9-5-7-18(27)15-21/h5-15H,16H2,1-4H3,(H,28,29,35)/b31-23-. The maximum Gasteiger partial charge on any atom is 0.413 e. The number of amides is 1. The lowest BCUT2D eigenvalue weighted by molar-refractivity contribution is 0.0635. The normalized spacial score (nSPS) is 11.7. The van der Waals surface area contributed by atoms with Crippen molar-refractivity contribution in [1.29, 1.82) is 0 Å². The molecule has 0 aliphatic rings. The van der Waals surface area contributed by atoms with E-state index in [0.29, 0.717) is 40.1 Å². The molecule has 4 aromatic rings. The molecular formula is C26H26FN7O4. The van der Waals surface area contributed by atoms with Crippen LogP contribution >= 0.6 is 0 Å². The molecule has 11 nitrogen and oxygen atoms in total. The van der Waals surface area contributed by atoms with Gasteiger partial charge in [0.2, 0.25) is 5.82 Å². The summed E-state index contributed by atoms with van der Waals surface area (Å²) in [6.07, 6.45) is -0.608. The first kappa shape index (κ1) is 26.2. The van der Waals surface area contributed by atoms with Crippen molar-refractivity contribution in [1.82, 2.24) is 25.2 Å². The smallest absolute Gasteiger partial charge is 0.413 e. The summed E-state index contributed by atoms with van der Waals surface area (Å²) < 4.78 is 25.9. The molecule has 0 saturated heterocycles. The van der Waals surface area contributed by atoms with Crippen LogP contribution in [0.15, 0.2) is 71.9 Å². The Bertz CT molecular complexity index is 1430. The van der Waals surface area contributed by atoms with Gasteiger partial charge in [-0.3, -0.25) is 5.32 Å². The molecule has 0 fully saturated rings.